The second-order valence-electron chi connectivity index (χ2n) is 4.44. The molecule has 0 radical (unpaired) electrons. The molecule has 0 N–H and O–H groups in total. The fourth-order valence-corrected chi connectivity index (χ4v) is 2.10. The zero-order valence-corrected chi connectivity index (χ0v) is 10.4. The minimum Gasteiger partial charge on any atom is -0.240 e. The molecule has 0 bridgehead atoms. The highest BCUT2D eigenvalue weighted by atomic mass is 79.9. The summed E-state index contributed by atoms with van der Waals surface area (Å²) in [4.78, 5) is 8.78. The van der Waals surface area contributed by atoms with Gasteiger partial charge < -0.3 is 0 Å². The average molecular weight is 266 g/mol. The van der Waals surface area contributed by atoms with E-state index in [9.17, 15) is 0 Å². The maximum Gasteiger partial charge on any atom is 0.131 e. The first-order valence-corrected chi connectivity index (χ1v) is 5.78. The van der Waals surface area contributed by atoms with Crippen molar-refractivity contribution in [3.8, 4) is 6.07 Å². The van der Waals surface area contributed by atoms with Gasteiger partial charge in [-0.15, -0.1) is 0 Å². The summed E-state index contributed by atoms with van der Waals surface area (Å²) in [6, 6.07) is 2.26. The van der Waals surface area contributed by atoms with E-state index in [-0.39, 0.29) is 0 Å². The van der Waals surface area contributed by atoms with Crippen LogP contribution in [0.4, 0.5) is 0 Å². The number of nitriles is 1. The summed E-state index contributed by atoms with van der Waals surface area (Å²) in [5, 5.41) is 9.09. The van der Waals surface area contributed by atoms with Crippen LogP contribution in [-0.2, 0) is 5.41 Å². The van der Waals surface area contributed by atoms with Gasteiger partial charge in [-0.3, -0.25) is 0 Å². The third-order valence-electron chi connectivity index (χ3n) is 2.58. The summed E-state index contributed by atoms with van der Waals surface area (Å²) in [5.41, 5.74) is 0.229. The van der Waals surface area contributed by atoms with Crippen molar-refractivity contribution in [2.45, 2.75) is 38.0 Å². The minimum absolute atomic E-state index is 0.520. The summed E-state index contributed by atoms with van der Waals surface area (Å²) in [6.07, 6.45) is 4.11. The summed E-state index contributed by atoms with van der Waals surface area (Å²) in [5.74, 6) is 1.41. The molecule has 2 rings (SSSR count). The highest BCUT2D eigenvalue weighted by Crippen LogP contribution is 2.39. The highest BCUT2D eigenvalue weighted by Gasteiger charge is 2.30. The van der Waals surface area contributed by atoms with E-state index in [1.165, 1.54) is 12.8 Å². The molecule has 0 amide bonds. The Balaban J connectivity index is 2.45. The second kappa shape index (κ2) is 3.57. The Hall–Kier alpha value is -0.950. The van der Waals surface area contributed by atoms with Crippen LogP contribution in [0, 0.1) is 11.3 Å². The Morgan fingerprint density at radius 1 is 1.53 bits per heavy atom. The van der Waals surface area contributed by atoms with Crippen molar-refractivity contribution >= 4 is 15.9 Å². The van der Waals surface area contributed by atoms with Crippen LogP contribution in [0.1, 0.15) is 44.1 Å². The topological polar surface area (TPSA) is 49.6 Å². The van der Waals surface area contributed by atoms with E-state index in [1.54, 1.807) is 6.20 Å². The molecule has 1 saturated carbocycles. The molecule has 4 heteroatoms. The molecule has 1 aromatic rings. The Morgan fingerprint density at radius 3 is 2.73 bits per heavy atom. The van der Waals surface area contributed by atoms with Gasteiger partial charge in [-0.25, -0.2) is 9.97 Å². The van der Waals surface area contributed by atoms with Gasteiger partial charge in [0.05, 0.1) is 21.7 Å². The van der Waals surface area contributed by atoms with E-state index in [0.29, 0.717) is 5.92 Å². The van der Waals surface area contributed by atoms with E-state index in [1.807, 2.05) is 13.8 Å². The van der Waals surface area contributed by atoms with Gasteiger partial charge in [-0.05, 0) is 42.6 Å². The zero-order valence-electron chi connectivity index (χ0n) is 8.79. The van der Waals surface area contributed by atoms with Crippen LogP contribution in [0.15, 0.2) is 10.7 Å². The molecule has 1 fully saturated rings. The molecule has 1 aromatic heterocycles. The van der Waals surface area contributed by atoms with E-state index < -0.39 is 5.41 Å². The van der Waals surface area contributed by atoms with Crippen LogP contribution in [0.5, 0.6) is 0 Å². The average Bonchev–Trinajstić information content (AvgIpc) is 3.02. The lowest BCUT2D eigenvalue weighted by atomic mass is 9.91. The Morgan fingerprint density at radius 2 is 2.20 bits per heavy atom. The van der Waals surface area contributed by atoms with Gasteiger partial charge in [0.25, 0.3) is 0 Å². The molecule has 0 spiro atoms. The second-order valence-corrected chi connectivity index (χ2v) is 5.29. The molecular formula is C11H12BrN3. The van der Waals surface area contributed by atoms with Crippen molar-refractivity contribution in [1.82, 2.24) is 9.97 Å². The van der Waals surface area contributed by atoms with Gasteiger partial charge in [-0.1, -0.05) is 0 Å². The first kappa shape index (κ1) is 10.6. The third-order valence-corrected chi connectivity index (χ3v) is 3.16. The van der Waals surface area contributed by atoms with Gasteiger partial charge >= 0.3 is 0 Å². The van der Waals surface area contributed by atoms with Crippen molar-refractivity contribution in [2.75, 3.05) is 0 Å². The largest absolute Gasteiger partial charge is 0.240 e. The third kappa shape index (κ3) is 2.03. The fourth-order valence-electron chi connectivity index (χ4n) is 1.41. The Bertz CT molecular complexity index is 430. The van der Waals surface area contributed by atoms with Gasteiger partial charge in [0, 0.05) is 12.1 Å². The summed E-state index contributed by atoms with van der Waals surface area (Å²) in [6.45, 7) is 3.74. The van der Waals surface area contributed by atoms with E-state index in [0.717, 1.165) is 16.0 Å². The zero-order chi connectivity index (χ0) is 11.1. The predicted molar refractivity (Wildman–Crippen MR) is 60.3 cm³/mol. The quantitative estimate of drug-likeness (QED) is 0.826. The van der Waals surface area contributed by atoms with Crippen molar-refractivity contribution < 1.29 is 0 Å². The van der Waals surface area contributed by atoms with Gasteiger partial charge in [0.15, 0.2) is 0 Å². The van der Waals surface area contributed by atoms with Gasteiger partial charge in [-0.2, -0.15) is 5.26 Å². The van der Waals surface area contributed by atoms with Crippen molar-refractivity contribution in [3.05, 3.63) is 22.2 Å². The highest BCUT2D eigenvalue weighted by molar-refractivity contribution is 9.10. The summed E-state index contributed by atoms with van der Waals surface area (Å²) < 4.78 is 0.818. The number of hydrogen-bond donors (Lipinski definition) is 0. The molecule has 1 heterocycles. The fraction of sp³-hybridized carbons (Fsp3) is 0.545. The van der Waals surface area contributed by atoms with Gasteiger partial charge in [0.2, 0.25) is 0 Å². The number of aromatic nitrogens is 2. The SMILES string of the molecule is CC(C)(C#N)c1nc(C2CC2)ncc1Br. The lowest BCUT2D eigenvalue weighted by molar-refractivity contribution is 0.642. The number of rotatable bonds is 2. The van der Waals surface area contributed by atoms with Crippen LogP contribution in [0.3, 0.4) is 0 Å². The molecule has 0 aliphatic heterocycles. The normalized spacial score (nSPS) is 16.1. The molecule has 15 heavy (non-hydrogen) atoms. The van der Waals surface area contributed by atoms with Crippen LogP contribution in [0.25, 0.3) is 0 Å². The van der Waals surface area contributed by atoms with Crippen LogP contribution < -0.4 is 0 Å². The first-order valence-electron chi connectivity index (χ1n) is 4.99. The molecule has 1 aliphatic rings. The van der Waals surface area contributed by atoms with Crippen molar-refractivity contribution in [2.24, 2.45) is 0 Å². The monoisotopic (exact) mass is 265 g/mol. The van der Waals surface area contributed by atoms with E-state index in [4.69, 9.17) is 5.26 Å². The molecule has 0 aromatic carbocycles. The predicted octanol–water partition coefficient (Wildman–Crippen LogP) is 2.92. The molecule has 78 valence electrons. The number of hydrogen-bond acceptors (Lipinski definition) is 3. The van der Waals surface area contributed by atoms with Crippen molar-refractivity contribution in [1.29, 1.82) is 5.26 Å². The van der Waals surface area contributed by atoms with Crippen LogP contribution in [-0.4, -0.2) is 9.97 Å². The molecule has 0 atom stereocenters. The molecule has 3 nitrogen and oxygen atoms in total. The lowest BCUT2D eigenvalue weighted by Crippen LogP contribution is -2.18. The number of halogens is 1. The standard InChI is InChI=1S/C11H12BrN3/c1-11(2,6-13)9-8(12)5-14-10(15-9)7-3-4-7/h5,7H,3-4H2,1-2H3. The van der Waals surface area contributed by atoms with E-state index in [2.05, 4.69) is 32.0 Å². The van der Waals surface area contributed by atoms with Crippen LogP contribution >= 0.6 is 15.9 Å². The maximum atomic E-state index is 9.09. The smallest absolute Gasteiger partial charge is 0.131 e. The minimum atomic E-state index is -0.564. The van der Waals surface area contributed by atoms with Crippen molar-refractivity contribution in [3.63, 3.8) is 0 Å². The maximum absolute atomic E-state index is 9.09. The first-order chi connectivity index (χ1) is 7.04. The molecule has 1 aliphatic carbocycles. The Labute approximate surface area is 97.7 Å². The van der Waals surface area contributed by atoms with Gasteiger partial charge in [0.1, 0.15) is 5.82 Å². The van der Waals surface area contributed by atoms with Crippen LogP contribution in [0.2, 0.25) is 0 Å². The summed E-state index contributed by atoms with van der Waals surface area (Å²) >= 11 is 3.40. The summed E-state index contributed by atoms with van der Waals surface area (Å²) in [7, 11) is 0. The molecule has 0 unspecified atom stereocenters. The molecular weight excluding hydrogens is 254 g/mol. The lowest BCUT2D eigenvalue weighted by Gasteiger charge is -2.16. The Kier molecular flexibility index (Phi) is 2.51. The van der Waals surface area contributed by atoms with E-state index >= 15 is 0 Å². The number of nitrogens with zero attached hydrogens (tertiary/aromatic N) is 3. The molecule has 0 saturated heterocycles.